The standard InChI is InChI=1S/C24H24N6O3S/c25-13-16-2-1-3-19(12-16)34(32,33)15-17-10-18(11-17)28-23-20-4-6-26-24(20)27-14-21(23)22-5-7-30(29-22)8-9-31/h1-7,12,14,17-18,31H,8-11,15H2,(H2,26,27,28). The molecule has 3 aromatic heterocycles. The molecule has 1 aromatic carbocycles. The van der Waals surface area contributed by atoms with Gasteiger partial charge < -0.3 is 15.4 Å². The van der Waals surface area contributed by atoms with Crippen molar-refractivity contribution in [1.29, 1.82) is 5.26 Å². The first kappa shape index (κ1) is 22.1. The number of nitrogens with one attached hydrogen (secondary N) is 2. The number of anilines is 1. The van der Waals surface area contributed by atoms with Crippen LogP contribution in [0.25, 0.3) is 22.3 Å². The highest BCUT2D eigenvalue weighted by Crippen LogP contribution is 2.38. The molecule has 3 N–H and O–H groups in total. The third kappa shape index (κ3) is 4.27. The lowest BCUT2D eigenvalue weighted by Gasteiger charge is -2.36. The van der Waals surface area contributed by atoms with E-state index in [1.807, 2.05) is 30.6 Å². The third-order valence-corrected chi connectivity index (χ3v) is 8.08. The summed E-state index contributed by atoms with van der Waals surface area (Å²) >= 11 is 0. The first-order valence-electron chi connectivity index (χ1n) is 11.1. The number of rotatable bonds is 8. The minimum absolute atomic E-state index is 0.00843. The number of nitriles is 1. The molecule has 0 atom stereocenters. The van der Waals surface area contributed by atoms with E-state index in [1.54, 1.807) is 29.1 Å². The Kier molecular flexibility index (Phi) is 5.81. The molecule has 174 valence electrons. The first-order chi connectivity index (χ1) is 16.5. The Bertz CT molecular complexity index is 1480. The predicted molar refractivity (Wildman–Crippen MR) is 128 cm³/mol. The fourth-order valence-corrected chi connectivity index (χ4v) is 6.13. The average Bonchev–Trinajstić information content (AvgIpc) is 3.47. The van der Waals surface area contributed by atoms with Crippen molar-refractivity contribution < 1.29 is 13.5 Å². The number of benzene rings is 1. The van der Waals surface area contributed by atoms with Crippen molar-refractivity contribution in [1.82, 2.24) is 19.7 Å². The van der Waals surface area contributed by atoms with E-state index in [1.165, 1.54) is 6.07 Å². The molecule has 10 heteroatoms. The highest BCUT2D eigenvalue weighted by molar-refractivity contribution is 7.91. The number of sulfone groups is 1. The Morgan fingerprint density at radius 2 is 2.12 bits per heavy atom. The van der Waals surface area contributed by atoms with Crippen LogP contribution in [0.15, 0.2) is 59.9 Å². The Morgan fingerprint density at radius 1 is 1.26 bits per heavy atom. The number of aliphatic hydroxyl groups excluding tert-OH is 1. The maximum absolute atomic E-state index is 12.8. The van der Waals surface area contributed by atoms with Crippen LogP contribution >= 0.6 is 0 Å². The Labute approximate surface area is 197 Å². The lowest BCUT2D eigenvalue weighted by molar-refractivity contribution is 0.269. The molecule has 34 heavy (non-hydrogen) atoms. The SMILES string of the molecule is N#Cc1cccc(S(=O)(=O)CC2CC(Nc3c(-c4ccn(CCO)n4)cnc4[nH]ccc34)C2)c1. The van der Waals surface area contributed by atoms with Gasteiger partial charge in [0.2, 0.25) is 0 Å². The van der Waals surface area contributed by atoms with Gasteiger partial charge in [0, 0.05) is 35.6 Å². The van der Waals surface area contributed by atoms with Gasteiger partial charge in [0.15, 0.2) is 9.84 Å². The smallest absolute Gasteiger partial charge is 0.178 e. The van der Waals surface area contributed by atoms with Gasteiger partial charge in [-0.15, -0.1) is 0 Å². The fraction of sp³-hybridized carbons (Fsp3) is 0.292. The van der Waals surface area contributed by atoms with Crippen LogP contribution in [0, 0.1) is 17.2 Å². The molecule has 0 amide bonds. The Balaban J connectivity index is 1.32. The van der Waals surface area contributed by atoms with E-state index in [2.05, 4.69) is 20.4 Å². The number of fused-ring (bicyclic) bond motifs is 1. The summed E-state index contributed by atoms with van der Waals surface area (Å²) in [5, 5.41) is 27.3. The van der Waals surface area contributed by atoms with Crippen molar-refractivity contribution in [3.63, 3.8) is 0 Å². The monoisotopic (exact) mass is 476 g/mol. The molecular weight excluding hydrogens is 452 g/mol. The largest absolute Gasteiger partial charge is 0.394 e. The molecule has 1 aliphatic carbocycles. The van der Waals surface area contributed by atoms with Crippen molar-refractivity contribution in [2.75, 3.05) is 17.7 Å². The molecular formula is C24H24N6O3S. The molecule has 0 spiro atoms. The van der Waals surface area contributed by atoms with Crippen LogP contribution in [0.2, 0.25) is 0 Å². The molecule has 1 aliphatic rings. The van der Waals surface area contributed by atoms with E-state index in [0.29, 0.717) is 12.1 Å². The average molecular weight is 477 g/mol. The summed E-state index contributed by atoms with van der Waals surface area (Å²) in [5.41, 5.74) is 3.62. The van der Waals surface area contributed by atoms with Crippen LogP contribution in [-0.2, 0) is 16.4 Å². The second-order valence-electron chi connectivity index (χ2n) is 8.57. The van der Waals surface area contributed by atoms with Gasteiger partial charge in [0.1, 0.15) is 5.65 Å². The number of hydrogen-bond acceptors (Lipinski definition) is 7. The summed E-state index contributed by atoms with van der Waals surface area (Å²) in [6, 6.07) is 12.2. The van der Waals surface area contributed by atoms with Gasteiger partial charge in [-0.3, -0.25) is 4.68 Å². The summed E-state index contributed by atoms with van der Waals surface area (Å²) in [6.07, 6.45) is 6.88. The van der Waals surface area contributed by atoms with Crippen LogP contribution < -0.4 is 5.32 Å². The van der Waals surface area contributed by atoms with E-state index in [9.17, 15) is 13.5 Å². The molecule has 9 nitrogen and oxygen atoms in total. The van der Waals surface area contributed by atoms with Crippen LogP contribution in [0.3, 0.4) is 0 Å². The zero-order chi connectivity index (χ0) is 23.7. The quantitative estimate of drug-likeness (QED) is 0.356. The Hall–Kier alpha value is -3.68. The number of pyridine rings is 1. The molecule has 1 fully saturated rings. The normalized spacial score (nSPS) is 17.9. The maximum Gasteiger partial charge on any atom is 0.178 e. The van der Waals surface area contributed by atoms with Crippen LogP contribution in [0.4, 0.5) is 5.69 Å². The number of hydrogen-bond donors (Lipinski definition) is 3. The van der Waals surface area contributed by atoms with Crippen molar-refractivity contribution in [2.45, 2.75) is 30.3 Å². The maximum atomic E-state index is 12.8. The van der Waals surface area contributed by atoms with Gasteiger partial charge in [-0.1, -0.05) is 6.07 Å². The summed E-state index contributed by atoms with van der Waals surface area (Å²) in [7, 11) is -3.46. The summed E-state index contributed by atoms with van der Waals surface area (Å²) in [6.45, 7) is 0.424. The van der Waals surface area contributed by atoms with E-state index < -0.39 is 9.84 Å². The van der Waals surface area contributed by atoms with Crippen LogP contribution in [0.1, 0.15) is 18.4 Å². The zero-order valence-electron chi connectivity index (χ0n) is 18.3. The van der Waals surface area contributed by atoms with Crippen molar-refractivity contribution in [3.8, 4) is 17.3 Å². The first-order valence-corrected chi connectivity index (χ1v) is 12.7. The highest BCUT2D eigenvalue weighted by atomic mass is 32.2. The van der Waals surface area contributed by atoms with Crippen molar-refractivity contribution in [2.24, 2.45) is 5.92 Å². The molecule has 0 radical (unpaired) electrons. The van der Waals surface area contributed by atoms with Crippen LogP contribution in [-0.4, -0.2) is 51.7 Å². The third-order valence-electron chi connectivity index (χ3n) is 6.19. The van der Waals surface area contributed by atoms with E-state index in [0.717, 1.165) is 40.8 Å². The number of aromatic amines is 1. The van der Waals surface area contributed by atoms with Gasteiger partial charge in [-0.25, -0.2) is 13.4 Å². The molecule has 0 bridgehead atoms. The summed E-state index contributed by atoms with van der Waals surface area (Å²) in [4.78, 5) is 7.83. The minimum Gasteiger partial charge on any atom is -0.394 e. The second kappa shape index (κ2) is 8.93. The second-order valence-corrected chi connectivity index (χ2v) is 10.6. The number of aliphatic hydroxyl groups is 1. The van der Waals surface area contributed by atoms with Crippen molar-refractivity contribution in [3.05, 3.63) is 60.6 Å². The molecule has 0 unspecified atom stereocenters. The molecule has 3 heterocycles. The van der Waals surface area contributed by atoms with Gasteiger partial charge in [-0.05, 0) is 49.1 Å². The van der Waals surface area contributed by atoms with E-state index in [4.69, 9.17) is 5.26 Å². The van der Waals surface area contributed by atoms with Gasteiger partial charge in [0.05, 0.1) is 46.8 Å². The number of nitrogens with zero attached hydrogens (tertiary/aromatic N) is 4. The minimum atomic E-state index is -3.46. The van der Waals surface area contributed by atoms with E-state index >= 15 is 0 Å². The van der Waals surface area contributed by atoms with Gasteiger partial charge in [-0.2, -0.15) is 10.4 Å². The molecule has 1 saturated carbocycles. The predicted octanol–water partition coefficient (Wildman–Crippen LogP) is 2.95. The summed E-state index contributed by atoms with van der Waals surface area (Å²) in [5.74, 6) is 0.109. The lowest BCUT2D eigenvalue weighted by atomic mass is 9.81. The van der Waals surface area contributed by atoms with Gasteiger partial charge >= 0.3 is 0 Å². The number of H-pyrrole nitrogens is 1. The molecule has 5 rings (SSSR count). The summed E-state index contributed by atoms with van der Waals surface area (Å²) < 4.78 is 27.4. The molecule has 0 aliphatic heterocycles. The highest BCUT2D eigenvalue weighted by Gasteiger charge is 2.34. The fourth-order valence-electron chi connectivity index (χ4n) is 4.45. The Morgan fingerprint density at radius 3 is 2.91 bits per heavy atom. The van der Waals surface area contributed by atoms with Crippen molar-refractivity contribution >= 4 is 26.6 Å². The molecule has 4 aromatic rings. The number of aromatic nitrogens is 4. The lowest BCUT2D eigenvalue weighted by Crippen LogP contribution is -2.39. The van der Waals surface area contributed by atoms with Crippen LogP contribution in [0.5, 0.6) is 0 Å². The van der Waals surface area contributed by atoms with Gasteiger partial charge in [0.25, 0.3) is 0 Å². The van der Waals surface area contributed by atoms with E-state index in [-0.39, 0.29) is 29.2 Å². The topological polar surface area (TPSA) is 137 Å². The zero-order valence-corrected chi connectivity index (χ0v) is 19.2. The molecule has 0 saturated heterocycles.